The van der Waals surface area contributed by atoms with Gasteiger partial charge >= 0.3 is 5.97 Å². The zero-order chi connectivity index (χ0) is 16.0. The van der Waals surface area contributed by atoms with Crippen molar-refractivity contribution in [3.63, 3.8) is 0 Å². The van der Waals surface area contributed by atoms with Gasteiger partial charge in [0.2, 0.25) is 10.0 Å². The van der Waals surface area contributed by atoms with Crippen LogP contribution in [0.25, 0.3) is 0 Å². The number of sulfonamides is 1. The van der Waals surface area contributed by atoms with Crippen molar-refractivity contribution in [3.8, 4) is 0 Å². The van der Waals surface area contributed by atoms with Crippen molar-refractivity contribution in [1.29, 1.82) is 0 Å². The van der Waals surface area contributed by atoms with Gasteiger partial charge in [0.1, 0.15) is 6.54 Å². The van der Waals surface area contributed by atoms with E-state index in [1.165, 1.54) is 4.31 Å². The van der Waals surface area contributed by atoms with E-state index in [2.05, 4.69) is 0 Å². The van der Waals surface area contributed by atoms with Crippen LogP contribution in [-0.4, -0.2) is 38.4 Å². The number of carbonyl (C=O) groups is 1. The number of nitrogens with zero attached hydrogens (tertiary/aromatic N) is 1. The molecule has 0 aliphatic carbocycles. The lowest BCUT2D eigenvalue weighted by Crippen LogP contribution is -2.37. The Balaban J connectivity index is 3.12. The van der Waals surface area contributed by atoms with Gasteiger partial charge in [0.25, 0.3) is 0 Å². The molecule has 0 heterocycles. The fourth-order valence-corrected chi connectivity index (χ4v) is 3.79. The van der Waals surface area contributed by atoms with Crippen molar-refractivity contribution in [2.24, 2.45) is 0 Å². The molecule has 5 nitrogen and oxygen atoms in total. The van der Waals surface area contributed by atoms with Crippen LogP contribution in [0, 0.1) is 13.8 Å². The van der Waals surface area contributed by atoms with Crippen LogP contribution in [0.3, 0.4) is 0 Å². The first-order valence-corrected chi connectivity index (χ1v) is 8.50. The quantitative estimate of drug-likeness (QED) is 0.724. The van der Waals surface area contributed by atoms with Crippen molar-refractivity contribution >= 4 is 16.0 Å². The highest BCUT2D eigenvalue weighted by Gasteiger charge is 2.27. The van der Waals surface area contributed by atoms with E-state index in [-0.39, 0.29) is 24.6 Å². The highest BCUT2D eigenvalue weighted by atomic mass is 32.2. The standard InChI is InChI=1S/C15H23NO4S/c1-5-9-16(11-15(17)20-6-2)21(18,19)14-8-7-12(3)10-13(14)4/h7-8,10H,5-6,9,11H2,1-4H3. The minimum Gasteiger partial charge on any atom is -0.465 e. The molecule has 1 rings (SSSR count). The van der Waals surface area contributed by atoms with Gasteiger partial charge in [0.05, 0.1) is 11.5 Å². The fourth-order valence-electron chi connectivity index (χ4n) is 2.11. The van der Waals surface area contributed by atoms with E-state index in [1.807, 2.05) is 19.9 Å². The Morgan fingerprint density at radius 2 is 1.90 bits per heavy atom. The number of rotatable bonds is 7. The van der Waals surface area contributed by atoms with Gasteiger partial charge in [0, 0.05) is 6.54 Å². The third-order valence-corrected chi connectivity index (χ3v) is 5.04. The maximum absolute atomic E-state index is 12.7. The second kappa shape index (κ2) is 7.56. The van der Waals surface area contributed by atoms with Crippen molar-refractivity contribution in [1.82, 2.24) is 4.31 Å². The molecule has 1 aromatic carbocycles. The van der Waals surface area contributed by atoms with Gasteiger partial charge < -0.3 is 4.74 Å². The van der Waals surface area contributed by atoms with Crippen LogP contribution in [0.15, 0.2) is 23.1 Å². The lowest BCUT2D eigenvalue weighted by atomic mass is 10.2. The van der Waals surface area contributed by atoms with Gasteiger partial charge in [-0.15, -0.1) is 0 Å². The van der Waals surface area contributed by atoms with E-state index < -0.39 is 16.0 Å². The van der Waals surface area contributed by atoms with Crippen LogP contribution in [0.4, 0.5) is 0 Å². The Morgan fingerprint density at radius 3 is 2.43 bits per heavy atom. The molecule has 0 N–H and O–H groups in total. The van der Waals surface area contributed by atoms with Crippen molar-refractivity contribution in [2.45, 2.75) is 39.0 Å². The number of hydrogen-bond acceptors (Lipinski definition) is 4. The topological polar surface area (TPSA) is 63.7 Å². The summed E-state index contributed by atoms with van der Waals surface area (Å²) < 4.78 is 31.5. The molecule has 0 atom stereocenters. The van der Waals surface area contributed by atoms with Gasteiger partial charge in [-0.05, 0) is 38.8 Å². The zero-order valence-electron chi connectivity index (χ0n) is 13.0. The molecule has 6 heteroatoms. The maximum Gasteiger partial charge on any atom is 0.321 e. The number of hydrogen-bond donors (Lipinski definition) is 0. The molecule has 21 heavy (non-hydrogen) atoms. The lowest BCUT2D eigenvalue weighted by Gasteiger charge is -2.21. The highest BCUT2D eigenvalue weighted by Crippen LogP contribution is 2.21. The Kier molecular flexibility index (Phi) is 6.36. The summed E-state index contributed by atoms with van der Waals surface area (Å²) in [5.41, 5.74) is 1.68. The normalized spacial score (nSPS) is 11.7. The van der Waals surface area contributed by atoms with E-state index in [0.717, 1.165) is 5.56 Å². The molecule has 0 bridgehead atoms. The van der Waals surface area contributed by atoms with E-state index in [0.29, 0.717) is 12.0 Å². The third kappa shape index (κ3) is 4.54. The Morgan fingerprint density at radius 1 is 1.24 bits per heavy atom. The molecule has 0 aliphatic heterocycles. The van der Waals surface area contributed by atoms with E-state index in [9.17, 15) is 13.2 Å². The smallest absolute Gasteiger partial charge is 0.321 e. The second-order valence-corrected chi connectivity index (χ2v) is 6.82. The Labute approximate surface area is 127 Å². The Bertz CT molecular complexity index is 596. The molecule has 0 saturated carbocycles. The predicted octanol–water partition coefficient (Wildman–Crippen LogP) is 2.27. The summed E-state index contributed by atoms with van der Waals surface area (Å²) in [5, 5.41) is 0. The van der Waals surface area contributed by atoms with Crippen molar-refractivity contribution in [3.05, 3.63) is 29.3 Å². The third-order valence-electron chi connectivity index (χ3n) is 3.03. The Hall–Kier alpha value is -1.40. The molecular formula is C15H23NO4S. The van der Waals surface area contributed by atoms with Crippen molar-refractivity contribution < 1.29 is 17.9 Å². The minimum atomic E-state index is -3.69. The lowest BCUT2D eigenvalue weighted by molar-refractivity contribution is -0.143. The van der Waals surface area contributed by atoms with Gasteiger partial charge in [-0.25, -0.2) is 8.42 Å². The number of esters is 1. The summed E-state index contributed by atoms with van der Waals surface area (Å²) in [4.78, 5) is 11.9. The molecule has 0 fully saturated rings. The van der Waals surface area contributed by atoms with Crippen LogP contribution >= 0.6 is 0 Å². The number of aryl methyl sites for hydroxylation is 2. The first-order valence-electron chi connectivity index (χ1n) is 7.06. The first kappa shape index (κ1) is 17.7. The predicted molar refractivity (Wildman–Crippen MR) is 81.6 cm³/mol. The SMILES string of the molecule is CCCN(CC(=O)OCC)S(=O)(=O)c1ccc(C)cc1C. The molecule has 0 aliphatic rings. The number of ether oxygens (including phenoxy) is 1. The summed E-state index contributed by atoms with van der Waals surface area (Å²) in [5.74, 6) is -0.528. The van der Waals surface area contributed by atoms with E-state index in [1.54, 1.807) is 26.0 Å². The van der Waals surface area contributed by atoms with Crippen LogP contribution < -0.4 is 0 Å². The minimum absolute atomic E-state index is 0.238. The van der Waals surface area contributed by atoms with Crippen LogP contribution in [0.5, 0.6) is 0 Å². The molecule has 0 amide bonds. The van der Waals surface area contributed by atoms with Crippen molar-refractivity contribution in [2.75, 3.05) is 19.7 Å². The highest BCUT2D eigenvalue weighted by molar-refractivity contribution is 7.89. The average Bonchev–Trinajstić information content (AvgIpc) is 2.38. The monoisotopic (exact) mass is 313 g/mol. The average molecular weight is 313 g/mol. The van der Waals surface area contributed by atoms with E-state index in [4.69, 9.17) is 4.74 Å². The largest absolute Gasteiger partial charge is 0.465 e. The molecule has 0 spiro atoms. The molecule has 0 saturated heterocycles. The molecule has 1 aromatic rings. The van der Waals surface area contributed by atoms with E-state index >= 15 is 0 Å². The molecule has 0 radical (unpaired) electrons. The summed E-state index contributed by atoms with van der Waals surface area (Å²) in [6, 6.07) is 5.17. The summed E-state index contributed by atoms with van der Waals surface area (Å²) in [6.45, 7) is 7.50. The first-order chi connectivity index (χ1) is 9.82. The van der Waals surface area contributed by atoms with Crippen LogP contribution in [0.2, 0.25) is 0 Å². The molecule has 0 aromatic heterocycles. The zero-order valence-corrected chi connectivity index (χ0v) is 13.9. The number of benzene rings is 1. The van der Waals surface area contributed by atoms with Gasteiger partial charge in [-0.2, -0.15) is 4.31 Å². The summed E-state index contributed by atoms with van der Waals surface area (Å²) in [7, 11) is -3.69. The van der Waals surface area contributed by atoms with Gasteiger partial charge in [0.15, 0.2) is 0 Å². The summed E-state index contributed by atoms with van der Waals surface area (Å²) >= 11 is 0. The van der Waals surface area contributed by atoms with Gasteiger partial charge in [-0.3, -0.25) is 4.79 Å². The van der Waals surface area contributed by atoms with Crippen LogP contribution in [-0.2, 0) is 19.6 Å². The number of carbonyl (C=O) groups excluding carboxylic acids is 1. The fraction of sp³-hybridized carbons (Fsp3) is 0.533. The molecule has 118 valence electrons. The molecule has 0 unspecified atom stereocenters. The van der Waals surface area contributed by atoms with Crippen LogP contribution in [0.1, 0.15) is 31.4 Å². The maximum atomic E-state index is 12.7. The second-order valence-electron chi connectivity index (χ2n) is 4.91. The van der Waals surface area contributed by atoms with Gasteiger partial charge in [-0.1, -0.05) is 24.6 Å². The molecular weight excluding hydrogens is 290 g/mol. The summed E-state index contributed by atoms with van der Waals surface area (Å²) in [6.07, 6.45) is 0.629.